The standard InChI is InChI=1S/C17H21ClN2O4/c1-19(15(21)10-13-4-2-3-5-14(13)18)11-16(22)20-8-6-12(7-9-20)17(23)24/h2-5,12H,6-11H2,1H3,(H,23,24). The van der Waals surface area contributed by atoms with E-state index in [0.29, 0.717) is 31.0 Å². The summed E-state index contributed by atoms with van der Waals surface area (Å²) < 4.78 is 0. The monoisotopic (exact) mass is 352 g/mol. The summed E-state index contributed by atoms with van der Waals surface area (Å²) in [5, 5.41) is 9.51. The molecule has 1 N–H and O–H groups in total. The van der Waals surface area contributed by atoms with Crippen LogP contribution in [0.4, 0.5) is 0 Å². The van der Waals surface area contributed by atoms with Gasteiger partial charge in [-0.3, -0.25) is 14.4 Å². The molecule has 0 radical (unpaired) electrons. The summed E-state index contributed by atoms with van der Waals surface area (Å²) in [6.45, 7) is 0.825. The second kappa shape index (κ2) is 8.15. The summed E-state index contributed by atoms with van der Waals surface area (Å²) in [6.07, 6.45) is 1.06. The largest absolute Gasteiger partial charge is 0.481 e. The van der Waals surface area contributed by atoms with Gasteiger partial charge in [-0.25, -0.2) is 0 Å². The first kappa shape index (κ1) is 18.3. The molecule has 1 aliphatic rings. The molecule has 6 nitrogen and oxygen atoms in total. The van der Waals surface area contributed by atoms with Gasteiger partial charge in [0.2, 0.25) is 11.8 Å². The third-order valence-corrected chi connectivity index (χ3v) is 4.66. The van der Waals surface area contributed by atoms with Crippen LogP contribution in [0.15, 0.2) is 24.3 Å². The molecule has 0 unspecified atom stereocenters. The molecule has 1 aromatic carbocycles. The Labute approximate surface area is 146 Å². The predicted octanol–water partition coefficient (Wildman–Crippen LogP) is 1.66. The summed E-state index contributed by atoms with van der Waals surface area (Å²) in [5.74, 6) is -1.53. The van der Waals surface area contributed by atoms with Gasteiger partial charge in [0.25, 0.3) is 0 Å². The number of carbonyl (C=O) groups is 3. The van der Waals surface area contributed by atoms with Gasteiger partial charge in [-0.1, -0.05) is 29.8 Å². The minimum Gasteiger partial charge on any atom is -0.481 e. The Morgan fingerprint density at radius 1 is 1.25 bits per heavy atom. The van der Waals surface area contributed by atoms with Gasteiger partial charge < -0.3 is 14.9 Å². The summed E-state index contributed by atoms with van der Waals surface area (Å²) in [5.41, 5.74) is 0.728. The number of carbonyl (C=O) groups excluding carboxylic acids is 2. The Kier molecular flexibility index (Phi) is 6.20. The molecule has 0 aliphatic carbocycles. The van der Waals surface area contributed by atoms with E-state index >= 15 is 0 Å². The van der Waals surface area contributed by atoms with Crippen LogP contribution in [0.5, 0.6) is 0 Å². The van der Waals surface area contributed by atoms with Crippen LogP contribution < -0.4 is 0 Å². The number of rotatable bonds is 5. The number of piperidine rings is 1. The van der Waals surface area contributed by atoms with E-state index in [2.05, 4.69) is 0 Å². The summed E-state index contributed by atoms with van der Waals surface area (Å²) >= 11 is 6.05. The van der Waals surface area contributed by atoms with Gasteiger partial charge in [0.15, 0.2) is 0 Å². The Morgan fingerprint density at radius 2 is 1.88 bits per heavy atom. The van der Waals surface area contributed by atoms with Gasteiger partial charge in [-0.2, -0.15) is 0 Å². The number of hydrogen-bond donors (Lipinski definition) is 1. The topological polar surface area (TPSA) is 77.9 Å². The van der Waals surface area contributed by atoms with Crippen molar-refractivity contribution in [1.29, 1.82) is 0 Å². The molecule has 0 saturated carbocycles. The van der Waals surface area contributed by atoms with Crippen LogP contribution in [0, 0.1) is 5.92 Å². The van der Waals surface area contributed by atoms with E-state index in [-0.39, 0.29) is 30.7 Å². The van der Waals surface area contributed by atoms with Crippen molar-refractivity contribution in [3.63, 3.8) is 0 Å². The number of likely N-dealkylation sites (tertiary alicyclic amines) is 1. The third-order valence-electron chi connectivity index (χ3n) is 4.29. The zero-order valence-electron chi connectivity index (χ0n) is 13.6. The highest BCUT2D eigenvalue weighted by atomic mass is 35.5. The van der Waals surface area contributed by atoms with E-state index in [1.807, 2.05) is 6.07 Å². The van der Waals surface area contributed by atoms with Gasteiger partial charge in [-0.05, 0) is 24.5 Å². The molecule has 2 amide bonds. The Morgan fingerprint density at radius 3 is 2.46 bits per heavy atom. The lowest BCUT2D eigenvalue weighted by molar-refractivity contribution is -0.146. The normalized spacial score (nSPS) is 15.2. The van der Waals surface area contributed by atoms with Crippen LogP contribution in [0.25, 0.3) is 0 Å². The molecule has 0 bridgehead atoms. The minimum atomic E-state index is -0.811. The maximum absolute atomic E-state index is 12.3. The maximum Gasteiger partial charge on any atom is 0.306 e. The van der Waals surface area contributed by atoms with Crippen LogP contribution in [-0.2, 0) is 20.8 Å². The molecular weight excluding hydrogens is 332 g/mol. The molecule has 0 aromatic heterocycles. The molecule has 1 fully saturated rings. The highest BCUT2D eigenvalue weighted by Gasteiger charge is 2.27. The minimum absolute atomic E-state index is 0.0129. The molecule has 0 atom stereocenters. The zero-order valence-corrected chi connectivity index (χ0v) is 14.3. The number of likely N-dealkylation sites (N-methyl/N-ethyl adjacent to an activating group) is 1. The quantitative estimate of drug-likeness (QED) is 0.874. The van der Waals surface area contributed by atoms with Gasteiger partial charge in [0, 0.05) is 25.2 Å². The van der Waals surface area contributed by atoms with Crippen molar-refractivity contribution in [3.8, 4) is 0 Å². The number of benzene rings is 1. The number of amides is 2. The van der Waals surface area contributed by atoms with Crippen molar-refractivity contribution in [2.24, 2.45) is 5.92 Å². The number of carboxylic acid groups (broad SMARTS) is 1. The van der Waals surface area contributed by atoms with Crippen molar-refractivity contribution < 1.29 is 19.5 Å². The fraction of sp³-hybridized carbons (Fsp3) is 0.471. The highest BCUT2D eigenvalue weighted by molar-refractivity contribution is 6.31. The predicted molar refractivity (Wildman–Crippen MR) is 89.7 cm³/mol. The van der Waals surface area contributed by atoms with Crippen molar-refractivity contribution in [3.05, 3.63) is 34.9 Å². The molecule has 1 aliphatic heterocycles. The van der Waals surface area contributed by atoms with Crippen molar-refractivity contribution in [2.75, 3.05) is 26.7 Å². The van der Waals surface area contributed by atoms with E-state index in [9.17, 15) is 14.4 Å². The van der Waals surface area contributed by atoms with Crippen LogP contribution >= 0.6 is 11.6 Å². The van der Waals surface area contributed by atoms with E-state index in [1.165, 1.54) is 4.90 Å². The Balaban J connectivity index is 1.84. The molecular formula is C17H21ClN2O4. The van der Waals surface area contributed by atoms with E-state index in [0.717, 1.165) is 5.56 Å². The molecule has 130 valence electrons. The number of halogens is 1. The first-order chi connectivity index (χ1) is 11.4. The number of nitrogens with zero attached hydrogens (tertiary/aromatic N) is 2. The summed E-state index contributed by atoms with van der Waals surface area (Å²) in [6, 6.07) is 7.12. The van der Waals surface area contributed by atoms with Crippen LogP contribution in [-0.4, -0.2) is 59.4 Å². The van der Waals surface area contributed by atoms with Crippen LogP contribution in [0.1, 0.15) is 18.4 Å². The number of hydrogen-bond acceptors (Lipinski definition) is 3. The molecule has 1 aromatic rings. The average molecular weight is 353 g/mol. The molecule has 7 heteroatoms. The Bertz CT molecular complexity index is 627. The highest BCUT2D eigenvalue weighted by Crippen LogP contribution is 2.18. The third kappa shape index (κ3) is 4.71. The lowest BCUT2D eigenvalue weighted by Gasteiger charge is -2.31. The maximum atomic E-state index is 12.3. The molecule has 0 spiro atoms. The SMILES string of the molecule is CN(CC(=O)N1CCC(C(=O)O)CC1)C(=O)Cc1ccccc1Cl. The molecule has 1 heterocycles. The van der Waals surface area contributed by atoms with Gasteiger partial charge in [-0.15, -0.1) is 0 Å². The molecule has 1 saturated heterocycles. The van der Waals surface area contributed by atoms with Crippen molar-refractivity contribution in [2.45, 2.75) is 19.3 Å². The number of aliphatic carboxylic acids is 1. The van der Waals surface area contributed by atoms with E-state index < -0.39 is 5.97 Å². The van der Waals surface area contributed by atoms with E-state index in [4.69, 9.17) is 16.7 Å². The van der Waals surface area contributed by atoms with E-state index in [1.54, 1.807) is 30.1 Å². The molecule has 24 heavy (non-hydrogen) atoms. The summed E-state index contributed by atoms with van der Waals surface area (Å²) in [4.78, 5) is 38.5. The van der Waals surface area contributed by atoms with Crippen LogP contribution in [0.2, 0.25) is 5.02 Å². The Hall–Kier alpha value is -2.08. The average Bonchev–Trinajstić information content (AvgIpc) is 2.56. The zero-order chi connectivity index (χ0) is 17.7. The lowest BCUT2D eigenvalue weighted by Crippen LogP contribution is -2.45. The molecule has 2 rings (SSSR count). The lowest BCUT2D eigenvalue weighted by atomic mass is 9.97. The van der Waals surface area contributed by atoms with Crippen molar-refractivity contribution >= 4 is 29.4 Å². The van der Waals surface area contributed by atoms with Gasteiger partial charge in [0.05, 0.1) is 18.9 Å². The fourth-order valence-corrected chi connectivity index (χ4v) is 2.91. The second-order valence-electron chi connectivity index (χ2n) is 6.01. The second-order valence-corrected chi connectivity index (χ2v) is 6.42. The smallest absolute Gasteiger partial charge is 0.306 e. The van der Waals surface area contributed by atoms with Gasteiger partial charge in [0.1, 0.15) is 0 Å². The number of carboxylic acids is 1. The summed E-state index contributed by atoms with van der Waals surface area (Å²) in [7, 11) is 1.58. The van der Waals surface area contributed by atoms with Crippen molar-refractivity contribution in [1.82, 2.24) is 9.80 Å². The first-order valence-electron chi connectivity index (χ1n) is 7.86. The van der Waals surface area contributed by atoms with Crippen LogP contribution in [0.3, 0.4) is 0 Å². The fourth-order valence-electron chi connectivity index (χ4n) is 2.71. The van der Waals surface area contributed by atoms with Gasteiger partial charge >= 0.3 is 5.97 Å². The first-order valence-corrected chi connectivity index (χ1v) is 8.24.